The molecule has 26 heavy (non-hydrogen) atoms. The van der Waals surface area contributed by atoms with Gasteiger partial charge in [0, 0.05) is 5.56 Å². The summed E-state index contributed by atoms with van der Waals surface area (Å²) in [5.41, 5.74) is -0.437. The Balaban J connectivity index is 1.54. The number of halogens is 1. The average Bonchev–Trinajstić information content (AvgIpc) is 2.84. The highest BCUT2D eigenvalue weighted by molar-refractivity contribution is 6.07. The number of carbonyl (C=O) groups excluding carboxylic acids is 2. The fraction of sp³-hybridized carbons (Fsp3) is 0.579. The van der Waals surface area contributed by atoms with Crippen molar-refractivity contribution in [3.63, 3.8) is 0 Å². The number of hydrogen-bond acceptors (Lipinski definition) is 4. The molecule has 1 saturated carbocycles. The molecule has 7 heteroatoms. The van der Waals surface area contributed by atoms with Crippen LogP contribution in [0.15, 0.2) is 24.3 Å². The van der Waals surface area contributed by atoms with Crippen LogP contribution < -0.4 is 5.32 Å². The number of urea groups is 1. The SMILES string of the molecule is CC1CCCCC12NC(=O)N(CC(O)COCc1ccccc1F)C2=O. The molecule has 3 unspecified atom stereocenters. The number of aliphatic hydroxyl groups excluding tert-OH is 1. The van der Waals surface area contributed by atoms with Crippen molar-refractivity contribution in [2.75, 3.05) is 13.2 Å². The second kappa shape index (κ2) is 7.72. The molecule has 1 aliphatic heterocycles. The van der Waals surface area contributed by atoms with Gasteiger partial charge in [0.1, 0.15) is 11.4 Å². The van der Waals surface area contributed by atoms with E-state index >= 15 is 0 Å². The number of amides is 3. The average molecular weight is 364 g/mol. The minimum Gasteiger partial charge on any atom is -0.389 e. The van der Waals surface area contributed by atoms with Crippen LogP contribution in [0.1, 0.15) is 38.2 Å². The molecule has 6 nitrogen and oxygen atoms in total. The quantitative estimate of drug-likeness (QED) is 0.759. The van der Waals surface area contributed by atoms with Crippen molar-refractivity contribution in [2.45, 2.75) is 50.9 Å². The third-order valence-electron chi connectivity index (χ3n) is 5.42. The molecule has 2 fully saturated rings. The van der Waals surface area contributed by atoms with E-state index in [-0.39, 0.29) is 37.4 Å². The maximum absolute atomic E-state index is 13.5. The highest BCUT2D eigenvalue weighted by Gasteiger charge is 2.54. The number of benzene rings is 1. The Morgan fingerprint density at radius 3 is 2.88 bits per heavy atom. The maximum Gasteiger partial charge on any atom is 0.325 e. The molecule has 3 amide bonds. The first kappa shape index (κ1) is 18.8. The summed E-state index contributed by atoms with van der Waals surface area (Å²) in [6, 6.07) is 5.78. The van der Waals surface area contributed by atoms with Gasteiger partial charge in [0.15, 0.2) is 0 Å². The molecular formula is C19H25FN2O4. The summed E-state index contributed by atoms with van der Waals surface area (Å²) in [5, 5.41) is 13.0. The van der Waals surface area contributed by atoms with E-state index in [4.69, 9.17) is 4.74 Å². The van der Waals surface area contributed by atoms with Gasteiger partial charge < -0.3 is 15.2 Å². The zero-order valence-corrected chi connectivity index (χ0v) is 14.9. The van der Waals surface area contributed by atoms with E-state index < -0.39 is 17.7 Å². The molecular weight excluding hydrogens is 339 g/mol. The Hall–Kier alpha value is -1.99. The Bertz CT molecular complexity index is 683. The number of rotatable bonds is 6. The number of imide groups is 1. The summed E-state index contributed by atoms with van der Waals surface area (Å²) in [4.78, 5) is 26.2. The van der Waals surface area contributed by atoms with Crippen molar-refractivity contribution in [1.82, 2.24) is 10.2 Å². The van der Waals surface area contributed by atoms with Crippen LogP contribution in [0.2, 0.25) is 0 Å². The van der Waals surface area contributed by atoms with E-state index in [9.17, 15) is 19.1 Å². The second-order valence-electron chi connectivity index (χ2n) is 7.22. The predicted octanol–water partition coefficient (Wildman–Crippen LogP) is 2.20. The van der Waals surface area contributed by atoms with Crippen molar-refractivity contribution >= 4 is 11.9 Å². The van der Waals surface area contributed by atoms with Crippen molar-refractivity contribution in [2.24, 2.45) is 5.92 Å². The number of nitrogens with zero attached hydrogens (tertiary/aromatic N) is 1. The lowest BCUT2D eigenvalue weighted by Gasteiger charge is -2.36. The third kappa shape index (κ3) is 3.59. The van der Waals surface area contributed by atoms with E-state index in [1.807, 2.05) is 6.92 Å². The fourth-order valence-corrected chi connectivity index (χ4v) is 3.85. The number of carbonyl (C=O) groups is 2. The van der Waals surface area contributed by atoms with Gasteiger partial charge in [0.25, 0.3) is 5.91 Å². The molecule has 3 atom stereocenters. The largest absolute Gasteiger partial charge is 0.389 e. The van der Waals surface area contributed by atoms with Crippen LogP contribution in [-0.4, -0.2) is 46.7 Å². The van der Waals surface area contributed by atoms with Crippen LogP contribution in [-0.2, 0) is 16.1 Å². The Morgan fingerprint density at radius 2 is 2.15 bits per heavy atom. The lowest BCUT2D eigenvalue weighted by molar-refractivity contribution is -0.135. The summed E-state index contributed by atoms with van der Waals surface area (Å²) in [5.74, 6) is -0.556. The first-order chi connectivity index (χ1) is 12.4. The minimum atomic E-state index is -1.02. The molecule has 3 rings (SSSR count). The predicted molar refractivity (Wildman–Crippen MR) is 92.7 cm³/mol. The highest BCUT2D eigenvalue weighted by atomic mass is 19.1. The molecule has 0 radical (unpaired) electrons. The van der Waals surface area contributed by atoms with E-state index in [0.717, 1.165) is 24.2 Å². The summed E-state index contributed by atoms with van der Waals surface area (Å²) >= 11 is 0. The van der Waals surface area contributed by atoms with Crippen LogP contribution in [0, 0.1) is 11.7 Å². The molecule has 1 heterocycles. The smallest absolute Gasteiger partial charge is 0.325 e. The van der Waals surface area contributed by atoms with Gasteiger partial charge in [-0.3, -0.25) is 9.69 Å². The monoisotopic (exact) mass is 364 g/mol. The van der Waals surface area contributed by atoms with E-state index in [2.05, 4.69) is 5.32 Å². The van der Waals surface area contributed by atoms with Crippen LogP contribution in [0.3, 0.4) is 0 Å². The first-order valence-electron chi connectivity index (χ1n) is 9.07. The van der Waals surface area contributed by atoms with Gasteiger partial charge >= 0.3 is 6.03 Å². The Morgan fingerprint density at radius 1 is 1.38 bits per heavy atom. The van der Waals surface area contributed by atoms with Gasteiger partial charge in [0.05, 0.1) is 25.9 Å². The summed E-state index contributed by atoms with van der Waals surface area (Å²) in [7, 11) is 0. The van der Waals surface area contributed by atoms with E-state index in [1.54, 1.807) is 18.2 Å². The zero-order valence-electron chi connectivity index (χ0n) is 14.9. The molecule has 0 bridgehead atoms. The number of aliphatic hydroxyl groups is 1. The van der Waals surface area contributed by atoms with Crippen molar-refractivity contribution in [1.29, 1.82) is 0 Å². The summed E-state index contributed by atoms with van der Waals surface area (Å²) in [6.45, 7) is 1.78. The van der Waals surface area contributed by atoms with E-state index in [1.165, 1.54) is 6.07 Å². The third-order valence-corrected chi connectivity index (χ3v) is 5.42. The normalized spacial score (nSPS) is 27.0. The standard InChI is InChI=1S/C19H25FN2O4/c1-13-6-4-5-9-19(13)17(24)22(18(25)21-19)10-15(23)12-26-11-14-7-2-3-8-16(14)20/h2-3,7-8,13,15,23H,4-6,9-12H2,1H3,(H,21,25). The van der Waals surface area contributed by atoms with Crippen molar-refractivity contribution in [3.8, 4) is 0 Å². The van der Waals surface area contributed by atoms with Crippen LogP contribution in [0.4, 0.5) is 9.18 Å². The molecule has 1 spiro atoms. The number of β-amino-alcohol motifs (C(OH)–C–C–N with tert-alkyl or cyclic N) is 1. The Kier molecular flexibility index (Phi) is 5.58. The molecule has 1 aliphatic carbocycles. The van der Waals surface area contributed by atoms with Gasteiger partial charge in [-0.05, 0) is 24.8 Å². The highest BCUT2D eigenvalue weighted by Crippen LogP contribution is 2.38. The lowest BCUT2D eigenvalue weighted by atomic mass is 9.73. The molecule has 142 valence electrons. The van der Waals surface area contributed by atoms with Gasteiger partial charge in [-0.15, -0.1) is 0 Å². The van der Waals surface area contributed by atoms with Gasteiger partial charge in [0.2, 0.25) is 0 Å². The molecule has 1 aromatic carbocycles. The van der Waals surface area contributed by atoms with Crippen molar-refractivity contribution < 1.29 is 23.8 Å². The Labute approximate surface area is 152 Å². The summed E-state index contributed by atoms with van der Waals surface area (Å²) in [6.07, 6.45) is 2.46. The first-order valence-corrected chi connectivity index (χ1v) is 9.07. The number of ether oxygens (including phenoxy) is 1. The van der Waals surface area contributed by atoms with Crippen molar-refractivity contribution in [3.05, 3.63) is 35.6 Å². The van der Waals surface area contributed by atoms with Crippen LogP contribution in [0.5, 0.6) is 0 Å². The molecule has 1 saturated heterocycles. The number of nitrogens with one attached hydrogen (secondary N) is 1. The summed E-state index contributed by atoms with van der Waals surface area (Å²) < 4.78 is 18.9. The fourth-order valence-electron chi connectivity index (χ4n) is 3.85. The molecule has 1 aromatic rings. The second-order valence-corrected chi connectivity index (χ2v) is 7.22. The number of hydrogen-bond donors (Lipinski definition) is 2. The minimum absolute atomic E-state index is 0.0187. The van der Waals surface area contributed by atoms with E-state index in [0.29, 0.717) is 12.0 Å². The zero-order chi connectivity index (χ0) is 18.7. The van der Waals surface area contributed by atoms with Crippen LogP contribution in [0.25, 0.3) is 0 Å². The van der Waals surface area contributed by atoms with Gasteiger partial charge in [-0.1, -0.05) is 38.0 Å². The maximum atomic E-state index is 13.5. The van der Waals surface area contributed by atoms with Crippen LogP contribution >= 0.6 is 0 Å². The topological polar surface area (TPSA) is 78.9 Å². The molecule has 2 N–H and O–H groups in total. The molecule has 2 aliphatic rings. The lowest BCUT2D eigenvalue weighted by Crippen LogP contribution is -2.54. The van der Waals surface area contributed by atoms with Gasteiger partial charge in [-0.25, -0.2) is 9.18 Å². The molecule has 0 aromatic heterocycles. The van der Waals surface area contributed by atoms with Gasteiger partial charge in [-0.2, -0.15) is 0 Å².